The third-order valence-corrected chi connectivity index (χ3v) is 6.14. The van der Waals surface area contributed by atoms with Gasteiger partial charge in [0.2, 0.25) is 10.0 Å². The van der Waals surface area contributed by atoms with Crippen molar-refractivity contribution >= 4 is 16.0 Å². The average molecular weight is 397 g/mol. The van der Waals surface area contributed by atoms with E-state index in [0.29, 0.717) is 12.6 Å². The van der Waals surface area contributed by atoms with Crippen LogP contribution in [0.1, 0.15) is 26.7 Å². The maximum Gasteiger partial charge on any atom is 0.242 e. The second kappa shape index (κ2) is 10.6. The molecule has 1 unspecified atom stereocenters. The van der Waals surface area contributed by atoms with Crippen molar-refractivity contribution in [2.45, 2.75) is 37.6 Å². The van der Waals surface area contributed by atoms with Crippen molar-refractivity contribution in [2.75, 3.05) is 46.3 Å². The van der Waals surface area contributed by atoms with Crippen molar-refractivity contribution in [2.24, 2.45) is 4.99 Å². The first-order valence-electron chi connectivity index (χ1n) is 9.61. The number of guanidine groups is 1. The first kappa shape index (κ1) is 21.6. The molecule has 0 saturated carbocycles. The largest absolute Gasteiger partial charge is 0.357 e. The quantitative estimate of drug-likeness (QED) is 0.364. The fraction of sp³-hybridized carbons (Fsp3) is 0.667. The molecule has 1 fully saturated rings. The topological polar surface area (TPSA) is 89.9 Å². The molecule has 0 amide bonds. The van der Waals surface area contributed by atoms with Crippen LogP contribution in [0.5, 0.6) is 0 Å². The Morgan fingerprint density at radius 2 is 2.26 bits per heavy atom. The van der Waals surface area contributed by atoms with E-state index >= 15 is 0 Å². The number of hydrogen-bond acceptors (Lipinski definition) is 5. The number of nitrogens with one attached hydrogen (secondary N) is 2. The van der Waals surface area contributed by atoms with Crippen LogP contribution in [0.3, 0.4) is 0 Å². The standard InChI is InChI=1S/C18H32N6O2S/c1-4-20-18(23(3)15-16-8-7-13-24(16)5-2)21-11-12-22-27(25,26)17-9-6-10-19-14-17/h6,9-10,14,16,22H,4-5,7-8,11-13,15H2,1-3H3,(H,20,21). The molecular formula is C18H32N6O2S. The van der Waals surface area contributed by atoms with E-state index < -0.39 is 10.0 Å². The lowest BCUT2D eigenvalue weighted by atomic mass is 10.2. The average Bonchev–Trinajstić information content (AvgIpc) is 3.12. The van der Waals surface area contributed by atoms with Gasteiger partial charge in [0.15, 0.2) is 5.96 Å². The zero-order chi connectivity index (χ0) is 19.7. The highest BCUT2D eigenvalue weighted by atomic mass is 32.2. The van der Waals surface area contributed by atoms with E-state index in [4.69, 9.17) is 0 Å². The van der Waals surface area contributed by atoms with Crippen LogP contribution in [-0.4, -0.2) is 81.5 Å². The summed E-state index contributed by atoms with van der Waals surface area (Å²) >= 11 is 0. The molecule has 1 aliphatic heterocycles. The number of aliphatic imine (C=N–C) groups is 1. The molecule has 9 heteroatoms. The van der Waals surface area contributed by atoms with Crippen LogP contribution >= 0.6 is 0 Å². The van der Waals surface area contributed by atoms with Gasteiger partial charge in [-0.2, -0.15) is 0 Å². The minimum absolute atomic E-state index is 0.166. The lowest BCUT2D eigenvalue weighted by molar-refractivity contribution is 0.232. The summed E-state index contributed by atoms with van der Waals surface area (Å²) in [6, 6.07) is 3.68. The van der Waals surface area contributed by atoms with Gasteiger partial charge in [-0.05, 0) is 45.0 Å². The van der Waals surface area contributed by atoms with E-state index in [0.717, 1.165) is 25.6 Å². The van der Waals surface area contributed by atoms with Gasteiger partial charge < -0.3 is 10.2 Å². The maximum absolute atomic E-state index is 12.2. The summed E-state index contributed by atoms with van der Waals surface area (Å²) in [5.74, 6) is 0.807. The van der Waals surface area contributed by atoms with Gasteiger partial charge in [-0.15, -0.1) is 0 Å². The van der Waals surface area contributed by atoms with Crippen LogP contribution in [0.25, 0.3) is 0 Å². The number of aromatic nitrogens is 1. The minimum Gasteiger partial charge on any atom is -0.357 e. The molecule has 0 bridgehead atoms. The third kappa shape index (κ3) is 6.44. The van der Waals surface area contributed by atoms with Crippen LogP contribution in [-0.2, 0) is 10.0 Å². The second-order valence-corrected chi connectivity index (χ2v) is 8.39. The van der Waals surface area contributed by atoms with E-state index in [-0.39, 0.29) is 11.4 Å². The highest BCUT2D eigenvalue weighted by Gasteiger charge is 2.24. The normalized spacial score (nSPS) is 18.6. The molecule has 2 heterocycles. The monoisotopic (exact) mass is 396 g/mol. The van der Waals surface area contributed by atoms with Crippen molar-refractivity contribution in [1.29, 1.82) is 0 Å². The summed E-state index contributed by atoms with van der Waals surface area (Å²) in [6.07, 6.45) is 5.34. The van der Waals surface area contributed by atoms with Gasteiger partial charge in [-0.25, -0.2) is 13.1 Å². The summed E-state index contributed by atoms with van der Waals surface area (Å²) in [4.78, 5) is 13.2. The smallest absolute Gasteiger partial charge is 0.242 e. The molecule has 1 aromatic rings. The Morgan fingerprint density at radius 1 is 1.44 bits per heavy atom. The molecule has 1 aliphatic rings. The van der Waals surface area contributed by atoms with Gasteiger partial charge in [-0.3, -0.25) is 14.9 Å². The number of hydrogen-bond donors (Lipinski definition) is 2. The predicted molar refractivity (Wildman–Crippen MR) is 108 cm³/mol. The first-order valence-corrected chi connectivity index (χ1v) is 11.1. The van der Waals surface area contributed by atoms with Gasteiger partial charge in [0, 0.05) is 45.1 Å². The number of sulfonamides is 1. The van der Waals surface area contributed by atoms with E-state index in [2.05, 4.69) is 36.7 Å². The molecule has 0 aliphatic carbocycles. The van der Waals surface area contributed by atoms with E-state index in [1.807, 2.05) is 14.0 Å². The molecule has 1 saturated heterocycles. The molecule has 8 nitrogen and oxygen atoms in total. The second-order valence-electron chi connectivity index (χ2n) is 6.63. The van der Waals surface area contributed by atoms with Crippen molar-refractivity contribution in [3.05, 3.63) is 24.5 Å². The van der Waals surface area contributed by atoms with Crippen LogP contribution in [0.2, 0.25) is 0 Å². The van der Waals surface area contributed by atoms with E-state index in [9.17, 15) is 8.42 Å². The zero-order valence-corrected chi connectivity index (χ0v) is 17.4. The summed E-state index contributed by atoms with van der Waals surface area (Å²) in [5, 5.41) is 3.29. The van der Waals surface area contributed by atoms with Crippen LogP contribution < -0.4 is 10.0 Å². The molecule has 2 rings (SSSR count). The van der Waals surface area contributed by atoms with Crippen molar-refractivity contribution in [3.63, 3.8) is 0 Å². The van der Waals surface area contributed by atoms with Crippen molar-refractivity contribution < 1.29 is 8.42 Å². The molecule has 0 radical (unpaired) electrons. The number of likely N-dealkylation sites (tertiary alicyclic amines) is 1. The van der Waals surface area contributed by atoms with E-state index in [1.54, 1.807) is 12.3 Å². The molecule has 1 atom stereocenters. The Bertz CT molecular complexity index is 695. The Hall–Kier alpha value is -1.71. The van der Waals surface area contributed by atoms with Gasteiger partial charge in [-0.1, -0.05) is 6.92 Å². The summed E-state index contributed by atoms with van der Waals surface area (Å²) in [6.45, 7) is 8.77. The summed E-state index contributed by atoms with van der Waals surface area (Å²) < 4.78 is 27.0. The van der Waals surface area contributed by atoms with Crippen LogP contribution in [0.15, 0.2) is 34.4 Å². The molecule has 1 aromatic heterocycles. The Kier molecular flexibility index (Phi) is 8.46. The lowest BCUT2D eigenvalue weighted by Crippen LogP contribution is -2.46. The van der Waals surface area contributed by atoms with Crippen molar-refractivity contribution in [1.82, 2.24) is 24.8 Å². The van der Waals surface area contributed by atoms with Crippen LogP contribution in [0.4, 0.5) is 0 Å². The number of likely N-dealkylation sites (N-methyl/N-ethyl adjacent to an activating group) is 2. The fourth-order valence-electron chi connectivity index (χ4n) is 3.32. The Balaban J connectivity index is 1.89. The lowest BCUT2D eigenvalue weighted by Gasteiger charge is -2.29. The van der Waals surface area contributed by atoms with Gasteiger partial charge >= 0.3 is 0 Å². The number of nitrogens with zero attached hydrogens (tertiary/aromatic N) is 4. The molecule has 2 N–H and O–H groups in total. The first-order chi connectivity index (χ1) is 13.0. The number of pyridine rings is 1. The zero-order valence-electron chi connectivity index (χ0n) is 16.6. The third-order valence-electron chi connectivity index (χ3n) is 4.70. The maximum atomic E-state index is 12.2. The van der Waals surface area contributed by atoms with Gasteiger partial charge in [0.05, 0.1) is 6.54 Å². The molecule has 152 valence electrons. The SMILES string of the molecule is CCNC(=NCCNS(=O)(=O)c1cccnc1)N(C)CC1CCCN1CC. The summed E-state index contributed by atoms with van der Waals surface area (Å²) in [5.41, 5.74) is 0. The minimum atomic E-state index is -3.54. The van der Waals surface area contributed by atoms with E-state index in [1.165, 1.54) is 31.6 Å². The number of rotatable bonds is 9. The Labute approximate surface area is 163 Å². The predicted octanol–water partition coefficient (Wildman–Crippen LogP) is 0.742. The van der Waals surface area contributed by atoms with Crippen molar-refractivity contribution in [3.8, 4) is 0 Å². The summed E-state index contributed by atoms with van der Waals surface area (Å²) in [7, 11) is -1.51. The molecule has 0 spiro atoms. The van der Waals surface area contributed by atoms with Gasteiger partial charge in [0.25, 0.3) is 0 Å². The fourth-order valence-corrected chi connectivity index (χ4v) is 4.31. The molecule has 27 heavy (non-hydrogen) atoms. The highest BCUT2D eigenvalue weighted by molar-refractivity contribution is 7.89. The Morgan fingerprint density at radius 3 is 2.93 bits per heavy atom. The molecular weight excluding hydrogens is 364 g/mol. The molecule has 0 aromatic carbocycles. The van der Waals surface area contributed by atoms with Crippen LogP contribution in [0, 0.1) is 0 Å². The van der Waals surface area contributed by atoms with Gasteiger partial charge in [0.1, 0.15) is 4.90 Å². The highest BCUT2D eigenvalue weighted by Crippen LogP contribution is 2.17.